The summed E-state index contributed by atoms with van der Waals surface area (Å²) in [4.78, 5) is 25.1. The maximum atomic E-state index is 12.4. The Balaban J connectivity index is 1.61. The number of rotatable bonds is 4. The summed E-state index contributed by atoms with van der Waals surface area (Å²) in [5, 5.41) is 2.94. The van der Waals surface area contributed by atoms with Crippen LogP contribution in [0.15, 0.2) is 22.3 Å². The first-order valence-corrected chi connectivity index (χ1v) is 9.27. The SMILES string of the molecule is C[NH+](Cc1nc2sc3c(c2c(=O)[nH]1)CCC3)Cc1cccs1. The van der Waals surface area contributed by atoms with Crippen molar-refractivity contribution in [3.05, 3.63) is 49.0 Å². The first-order chi connectivity index (χ1) is 10.7. The van der Waals surface area contributed by atoms with Gasteiger partial charge in [-0.1, -0.05) is 6.07 Å². The summed E-state index contributed by atoms with van der Waals surface area (Å²) in [6.45, 7) is 1.70. The van der Waals surface area contributed by atoms with E-state index in [9.17, 15) is 4.79 Å². The molecule has 0 spiro atoms. The van der Waals surface area contributed by atoms with Crippen LogP contribution >= 0.6 is 22.7 Å². The van der Waals surface area contributed by atoms with Crippen LogP contribution in [-0.2, 0) is 25.9 Å². The van der Waals surface area contributed by atoms with Crippen molar-refractivity contribution in [2.45, 2.75) is 32.4 Å². The summed E-state index contributed by atoms with van der Waals surface area (Å²) in [7, 11) is 2.14. The van der Waals surface area contributed by atoms with E-state index in [1.807, 2.05) is 0 Å². The topological polar surface area (TPSA) is 50.2 Å². The number of nitrogens with zero attached hydrogens (tertiary/aromatic N) is 1. The fourth-order valence-electron chi connectivity index (χ4n) is 3.19. The van der Waals surface area contributed by atoms with Crippen LogP contribution in [0.3, 0.4) is 0 Å². The molecule has 22 heavy (non-hydrogen) atoms. The zero-order valence-corrected chi connectivity index (χ0v) is 14.1. The second-order valence-electron chi connectivity index (χ2n) is 5.94. The lowest BCUT2D eigenvalue weighted by molar-refractivity contribution is -0.908. The van der Waals surface area contributed by atoms with Crippen molar-refractivity contribution in [3.8, 4) is 0 Å². The first kappa shape index (κ1) is 14.1. The Hall–Kier alpha value is -1.50. The third-order valence-corrected chi connectivity index (χ3v) is 6.21. The van der Waals surface area contributed by atoms with Gasteiger partial charge in [-0.2, -0.15) is 0 Å². The molecular weight excluding hydrogens is 314 g/mol. The number of H-pyrrole nitrogens is 1. The van der Waals surface area contributed by atoms with Crippen LogP contribution in [0.25, 0.3) is 10.2 Å². The summed E-state index contributed by atoms with van der Waals surface area (Å²) in [6.07, 6.45) is 3.31. The Kier molecular flexibility index (Phi) is 3.60. The predicted octanol–water partition coefficient (Wildman–Crippen LogP) is 1.75. The molecule has 1 unspecified atom stereocenters. The molecule has 0 amide bonds. The normalized spacial score (nSPS) is 15.3. The van der Waals surface area contributed by atoms with Crippen LogP contribution < -0.4 is 10.5 Å². The maximum absolute atomic E-state index is 12.4. The van der Waals surface area contributed by atoms with E-state index in [1.54, 1.807) is 22.7 Å². The number of thiophene rings is 2. The minimum atomic E-state index is 0.0447. The van der Waals surface area contributed by atoms with E-state index in [-0.39, 0.29) is 5.56 Å². The molecule has 0 saturated heterocycles. The smallest absolute Gasteiger partial charge is 0.260 e. The first-order valence-electron chi connectivity index (χ1n) is 7.58. The van der Waals surface area contributed by atoms with Gasteiger partial charge in [0.15, 0.2) is 5.82 Å². The highest BCUT2D eigenvalue weighted by molar-refractivity contribution is 7.18. The van der Waals surface area contributed by atoms with Crippen molar-refractivity contribution in [1.29, 1.82) is 0 Å². The molecule has 0 radical (unpaired) electrons. The number of hydrogen-bond donors (Lipinski definition) is 2. The van der Waals surface area contributed by atoms with Gasteiger partial charge in [0, 0.05) is 4.88 Å². The molecule has 0 aliphatic heterocycles. The third kappa shape index (κ3) is 2.51. The van der Waals surface area contributed by atoms with Gasteiger partial charge >= 0.3 is 0 Å². The molecule has 4 rings (SSSR count). The van der Waals surface area contributed by atoms with Gasteiger partial charge < -0.3 is 9.88 Å². The number of hydrogen-bond acceptors (Lipinski definition) is 4. The minimum absolute atomic E-state index is 0.0447. The van der Waals surface area contributed by atoms with Crippen LogP contribution in [0.4, 0.5) is 0 Å². The number of aromatic nitrogens is 2. The van der Waals surface area contributed by atoms with Crippen LogP contribution in [0.2, 0.25) is 0 Å². The fourth-order valence-corrected chi connectivity index (χ4v) is 5.29. The van der Waals surface area contributed by atoms with Crippen molar-refractivity contribution >= 4 is 32.9 Å². The summed E-state index contributed by atoms with van der Waals surface area (Å²) in [5.74, 6) is 0.798. The highest BCUT2D eigenvalue weighted by Crippen LogP contribution is 2.34. The molecule has 4 nitrogen and oxygen atoms in total. The van der Waals surface area contributed by atoms with E-state index in [2.05, 4.69) is 29.5 Å². The molecule has 114 valence electrons. The van der Waals surface area contributed by atoms with Gasteiger partial charge in [0.05, 0.1) is 17.3 Å². The number of aryl methyl sites for hydroxylation is 2. The Labute approximate surface area is 136 Å². The standard InChI is InChI=1S/C16H17N3OS2/c1-19(8-10-4-3-7-21-10)9-13-17-15(20)14-11-5-2-6-12(11)22-16(14)18-13/h3-4,7H,2,5-6,8-9H2,1H3,(H,17,18,20)/p+1. The predicted molar refractivity (Wildman–Crippen MR) is 90.9 cm³/mol. The van der Waals surface area contributed by atoms with Crippen LogP contribution in [0.1, 0.15) is 27.6 Å². The monoisotopic (exact) mass is 332 g/mol. The average molecular weight is 332 g/mol. The summed E-state index contributed by atoms with van der Waals surface area (Å²) >= 11 is 3.48. The quantitative estimate of drug-likeness (QED) is 0.765. The number of aromatic amines is 1. The van der Waals surface area contributed by atoms with Crippen molar-refractivity contribution in [2.75, 3.05) is 7.05 Å². The Morgan fingerprint density at radius 3 is 3.09 bits per heavy atom. The molecule has 3 heterocycles. The number of fused-ring (bicyclic) bond motifs is 3. The molecule has 1 aliphatic carbocycles. The van der Waals surface area contributed by atoms with E-state index >= 15 is 0 Å². The summed E-state index contributed by atoms with van der Waals surface area (Å²) in [5.41, 5.74) is 1.29. The van der Waals surface area contributed by atoms with Gasteiger partial charge in [0.25, 0.3) is 5.56 Å². The Morgan fingerprint density at radius 1 is 1.36 bits per heavy atom. The van der Waals surface area contributed by atoms with Gasteiger partial charge in [-0.3, -0.25) is 4.79 Å². The van der Waals surface area contributed by atoms with Gasteiger partial charge in [-0.05, 0) is 36.3 Å². The molecule has 2 N–H and O–H groups in total. The van der Waals surface area contributed by atoms with Gasteiger partial charge in [-0.25, -0.2) is 4.98 Å². The van der Waals surface area contributed by atoms with Gasteiger partial charge in [0.1, 0.15) is 17.9 Å². The maximum Gasteiger partial charge on any atom is 0.260 e. The van der Waals surface area contributed by atoms with Crippen molar-refractivity contribution < 1.29 is 4.90 Å². The zero-order chi connectivity index (χ0) is 15.1. The molecule has 1 atom stereocenters. The lowest BCUT2D eigenvalue weighted by Crippen LogP contribution is -3.06. The van der Waals surface area contributed by atoms with E-state index < -0.39 is 0 Å². The van der Waals surface area contributed by atoms with E-state index in [0.717, 1.165) is 42.0 Å². The van der Waals surface area contributed by atoms with Crippen molar-refractivity contribution in [1.82, 2.24) is 9.97 Å². The molecule has 0 fully saturated rings. The zero-order valence-electron chi connectivity index (χ0n) is 12.4. The number of nitrogens with one attached hydrogen (secondary N) is 2. The average Bonchev–Trinajstić information content (AvgIpc) is 3.14. The summed E-state index contributed by atoms with van der Waals surface area (Å²) < 4.78 is 0. The second kappa shape index (κ2) is 5.61. The Morgan fingerprint density at radius 2 is 2.27 bits per heavy atom. The van der Waals surface area contributed by atoms with Gasteiger partial charge in [-0.15, -0.1) is 22.7 Å². The largest absolute Gasteiger partial charge is 0.327 e. The second-order valence-corrected chi connectivity index (χ2v) is 8.06. The van der Waals surface area contributed by atoms with Crippen molar-refractivity contribution in [3.63, 3.8) is 0 Å². The minimum Gasteiger partial charge on any atom is -0.327 e. The molecule has 3 aromatic rings. The molecule has 6 heteroatoms. The highest BCUT2D eigenvalue weighted by atomic mass is 32.1. The molecular formula is C16H18N3OS2+. The molecule has 0 saturated carbocycles. The fraction of sp³-hybridized carbons (Fsp3) is 0.375. The number of quaternary nitrogens is 1. The lowest BCUT2D eigenvalue weighted by Gasteiger charge is -2.12. The Bertz CT molecular complexity index is 864. The van der Waals surface area contributed by atoms with Crippen molar-refractivity contribution in [2.24, 2.45) is 0 Å². The molecule has 1 aliphatic rings. The van der Waals surface area contributed by atoms with Crippen LogP contribution in [-0.4, -0.2) is 17.0 Å². The third-order valence-electron chi connectivity index (χ3n) is 4.15. The summed E-state index contributed by atoms with van der Waals surface area (Å²) in [6, 6.07) is 4.23. The van der Waals surface area contributed by atoms with E-state index in [0.29, 0.717) is 0 Å². The molecule has 0 bridgehead atoms. The molecule has 3 aromatic heterocycles. The van der Waals surface area contributed by atoms with Gasteiger partial charge in [0.2, 0.25) is 0 Å². The van der Waals surface area contributed by atoms with E-state index in [1.165, 1.54) is 26.6 Å². The lowest BCUT2D eigenvalue weighted by atomic mass is 10.2. The van der Waals surface area contributed by atoms with E-state index in [4.69, 9.17) is 4.98 Å². The van der Waals surface area contributed by atoms with Crippen LogP contribution in [0.5, 0.6) is 0 Å². The van der Waals surface area contributed by atoms with Crippen LogP contribution in [0, 0.1) is 0 Å². The highest BCUT2D eigenvalue weighted by Gasteiger charge is 2.21. The molecule has 0 aromatic carbocycles.